The lowest BCUT2D eigenvalue weighted by Gasteiger charge is -2.23. The molecule has 0 amide bonds. The van der Waals surface area contributed by atoms with Crippen LogP contribution in [0.25, 0.3) is 0 Å². The molecule has 0 bridgehead atoms. The molecular formula is C16H21NO2. The van der Waals surface area contributed by atoms with Gasteiger partial charge in [0.05, 0.1) is 12.7 Å². The van der Waals surface area contributed by atoms with E-state index >= 15 is 0 Å². The summed E-state index contributed by atoms with van der Waals surface area (Å²) in [7, 11) is 1.45. The van der Waals surface area contributed by atoms with E-state index in [2.05, 4.69) is 11.0 Å². The minimum absolute atomic E-state index is 0.224. The fraction of sp³-hybridized carbons (Fsp3) is 0.562. The fourth-order valence-electron chi connectivity index (χ4n) is 2.60. The van der Waals surface area contributed by atoms with E-state index in [1.165, 1.54) is 39.3 Å². The fourth-order valence-corrected chi connectivity index (χ4v) is 2.60. The monoisotopic (exact) mass is 259 g/mol. The van der Waals surface area contributed by atoms with Crippen molar-refractivity contribution in [2.24, 2.45) is 5.92 Å². The molecule has 3 heteroatoms. The Balaban J connectivity index is 1.74. The molecule has 1 aromatic carbocycles. The molecule has 0 radical (unpaired) electrons. The minimum Gasteiger partial charge on any atom is -0.465 e. The zero-order valence-corrected chi connectivity index (χ0v) is 11.5. The number of carbonyl (C=O) groups is 1. The molecule has 102 valence electrons. The molecule has 1 aromatic rings. The molecular weight excluding hydrogens is 238 g/mol. The first-order valence-corrected chi connectivity index (χ1v) is 7.18. The summed E-state index contributed by atoms with van der Waals surface area (Å²) in [5, 5.41) is 0. The van der Waals surface area contributed by atoms with Gasteiger partial charge in [-0.25, -0.2) is 4.79 Å². The summed E-state index contributed by atoms with van der Waals surface area (Å²) in [6.07, 6.45) is 5.38. The smallest absolute Gasteiger partial charge is 0.338 e. The van der Waals surface area contributed by atoms with Crippen molar-refractivity contribution >= 4 is 5.97 Å². The molecule has 3 nitrogen and oxygen atoms in total. The largest absolute Gasteiger partial charge is 0.465 e. The first-order chi connectivity index (χ1) is 9.28. The second-order valence-electron chi connectivity index (χ2n) is 5.75. The number of rotatable bonds is 6. The highest BCUT2D eigenvalue weighted by Crippen LogP contribution is 2.35. The Morgan fingerprint density at radius 3 is 2.63 bits per heavy atom. The summed E-state index contributed by atoms with van der Waals surface area (Å²) in [6.45, 7) is 2.08. The SMILES string of the molecule is COC(=O)c1ccccc1CN(CC1CC1)C1CC1. The van der Waals surface area contributed by atoms with E-state index in [0.29, 0.717) is 5.56 Å². The van der Waals surface area contributed by atoms with Crippen LogP contribution in [0.4, 0.5) is 0 Å². The number of hydrogen-bond donors (Lipinski definition) is 0. The Labute approximate surface area is 114 Å². The van der Waals surface area contributed by atoms with E-state index in [1.807, 2.05) is 18.2 Å². The molecule has 0 aliphatic heterocycles. The van der Waals surface area contributed by atoms with Crippen molar-refractivity contribution < 1.29 is 9.53 Å². The third kappa shape index (κ3) is 3.16. The van der Waals surface area contributed by atoms with Gasteiger partial charge in [0.2, 0.25) is 0 Å². The Hall–Kier alpha value is -1.35. The normalized spacial score (nSPS) is 18.6. The zero-order chi connectivity index (χ0) is 13.2. The predicted octanol–water partition coefficient (Wildman–Crippen LogP) is 2.85. The molecule has 2 aliphatic carbocycles. The lowest BCUT2D eigenvalue weighted by Crippen LogP contribution is -2.28. The van der Waals surface area contributed by atoms with Crippen molar-refractivity contribution in [3.05, 3.63) is 35.4 Å². The number of hydrogen-bond acceptors (Lipinski definition) is 3. The molecule has 3 rings (SSSR count). The summed E-state index contributed by atoms with van der Waals surface area (Å²) in [6, 6.07) is 8.56. The van der Waals surface area contributed by atoms with Crippen molar-refractivity contribution in [1.82, 2.24) is 4.90 Å². The summed E-state index contributed by atoms with van der Waals surface area (Å²) in [4.78, 5) is 14.4. The Kier molecular flexibility index (Phi) is 3.56. The van der Waals surface area contributed by atoms with Gasteiger partial charge < -0.3 is 4.74 Å². The molecule has 0 N–H and O–H groups in total. The van der Waals surface area contributed by atoms with E-state index in [4.69, 9.17) is 4.74 Å². The van der Waals surface area contributed by atoms with Crippen molar-refractivity contribution in [2.45, 2.75) is 38.3 Å². The molecule has 19 heavy (non-hydrogen) atoms. The van der Waals surface area contributed by atoms with Crippen molar-refractivity contribution in [3.63, 3.8) is 0 Å². The summed E-state index contributed by atoms with van der Waals surface area (Å²) >= 11 is 0. The molecule has 0 saturated heterocycles. The Bertz CT molecular complexity index is 464. The van der Waals surface area contributed by atoms with Crippen LogP contribution in [0.1, 0.15) is 41.6 Å². The standard InChI is InChI=1S/C16H21NO2/c1-19-16(18)15-5-3-2-4-13(15)11-17(14-8-9-14)10-12-6-7-12/h2-5,12,14H,6-11H2,1H3. The van der Waals surface area contributed by atoms with Gasteiger partial charge in [0, 0.05) is 19.1 Å². The molecule has 2 aliphatic rings. The average Bonchev–Trinajstić information content (AvgIpc) is 3.29. The first kappa shape index (κ1) is 12.7. The number of nitrogens with zero attached hydrogens (tertiary/aromatic N) is 1. The van der Waals surface area contributed by atoms with Crippen LogP contribution in [0.3, 0.4) is 0 Å². The van der Waals surface area contributed by atoms with Crippen LogP contribution in [0.5, 0.6) is 0 Å². The molecule has 0 aromatic heterocycles. The lowest BCUT2D eigenvalue weighted by molar-refractivity contribution is 0.0598. The van der Waals surface area contributed by atoms with E-state index in [1.54, 1.807) is 0 Å². The van der Waals surface area contributed by atoms with Crippen LogP contribution in [0, 0.1) is 5.92 Å². The van der Waals surface area contributed by atoms with E-state index in [9.17, 15) is 4.79 Å². The van der Waals surface area contributed by atoms with Gasteiger partial charge in [0.25, 0.3) is 0 Å². The topological polar surface area (TPSA) is 29.5 Å². The molecule has 2 fully saturated rings. The molecule has 0 heterocycles. The number of ether oxygens (including phenoxy) is 1. The van der Waals surface area contributed by atoms with Crippen molar-refractivity contribution in [1.29, 1.82) is 0 Å². The van der Waals surface area contributed by atoms with Crippen molar-refractivity contribution in [3.8, 4) is 0 Å². The number of benzene rings is 1. The minimum atomic E-state index is -0.224. The molecule has 0 atom stereocenters. The molecule has 0 spiro atoms. The summed E-state index contributed by atoms with van der Waals surface area (Å²) < 4.78 is 4.87. The van der Waals surface area contributed by atoms with Gasteiger partial charge in [-0.15, -0.1) is 0 Å². The molecule has 2 saturated carbocycles. The lowest BCUT2D eigenvalue weighted by atomic mass is 10.1. The highest BCUT2D eigenvalue weighted by molar-refractivity contribution is 5.90. The van der Waals surface area contributed by atoms with Gasteiger partial charge in [0.15, 0.2) is 0 Å². The number of carbonyl (C=O) groups excluding carboxylic acids is 1. The Morgan fingerprint density at radius 1 is 1.26 bits per heavy atom. The Morgan fingerprint density at radius 2 is 2.00 bits per heavy atom. The van der Waals surface area contributed by atoms with Crippen LogP contribution in [0.2, 0.25) is 0 Å². The van der Waals surface area contributed by atoms with Gasteiger partial charge in [-0.1, -0.05) is 18.2 Å². The van der Waals surface area contributed by atoms with Gasteiger partial charge >= 0.3 is 5.97 Å². The van der Waals surface area contributed by atoms with Crippen molar-refractivity contribution in [2.75, 3.05) is 13.7 Å². The van der Waals surface area contributed by atoms with Gasteiger partial charge in [0.1, 0.15) is 0 Å². The van der Waals surface area contributed by atoms with Crippen LogP contribution < -0.4 is 0 Å². The predicted molar refractivity (Wildman–Crippen MR) is 73.9 cm³/mol. The van der Waals surface area contributed by atoms with E-state index in [-0.39, 0.29) is 5.97 Å². The van der Waals surface area contributed by atoms with E-state index < -0.39 is 0 Å². The highest BCUT2D eigenvalue weighted by atomic mass is 16.5. The second kappa shape index (κ2) is 5.33. The van der Waals surface area contributed by atoms with Crippen LogP contribution in [0.15, 0.2) is 24.3 Å². The maximum Gasteiger partial charge on any atom is 0.338 e. The molecule has 0 unspecified atom stereocenters. The maximum atomic E-state index is 11.8. The van der Waals surface area contributed by atoms with Gasteiger partial charge in [-0.3, -0.25) is 4.90 Å². The van der Waals surface area contributed by atoms with Gasteiger partial charge in [-0.2, -0.15) is 0 Å². The first-order valence-electron chi connectivity index (χ1n) is 7.18. The highest BCUT2D eigenvalue weighted by Gasteiger charge is 2.34. The zero-order valence-electron chi connectivity index (χ0n) is 11.5. The third-order valence-corrected chi connectivity index (χ3v) is 4.05. The van der Waals surface area contributed by atoms with Crippen LogP contribution in [-0.2, 0) is 11.3 Å². The van der Waals surface area contributed by atoms with Crippen LogP contribution in [-0.4, -0.2) is 30.6 Å². The summed E-state index contributed by atoms with van der Waals surface area (Å²) in [5.41, 5.74) is 1.81. The third-order valence-electron chi connectivity index (χ3n) is 4.05. The second-order valence-corrected chi connectivity index (χ2v) is 5.75. The number of methoxy groups -OCH3 is 1. The van der Waals surface area contributed by atoms with Crippen LogP contribution >= 0.6 is 0 Å². The van der Waals surface area contributed by atoms with Gasteiger partial charge in [-0.05, 0) is 43.2 Å². The number of esters is 1. The average molecular weight is 259 g/mol. The van der Waals surface area contributed by atoms with E-state index in [0.717, 1.165) is 24.1 Å². The summed E-state index contributed by atoms with van der Waals surface area (Å²) in [5.74, 6) is 0.670. The maximum absolute atomic E-state index is 11.8. The quantitative estimate of drug-likeness (QED) is 0.736.